The summed E-state index contributed by atoms with van der Waals surface area (Å²) in [5.74, 6) is 0.841. The van der Waals surface area contributed by atoms with E-state index in [1.807, 2.05) is 54.7 Å². The van der Waals surface area contributed by atoms with Crippen molar-refractivity contribution in [3.63, 3.8) is 0 Å². The number of aryl methyl sites for hydroxylation is 1. The molecule has 35 heavy (non-hydrogen) atoms. The molecule has 6 heteroatoms. The molecule has 5 rings (SSSR count). The van der Waals surface area contributed by atoms with E-state index in [4.69, 9.17) is 21.3 Å². The Hall–Kier alpha value is -2.63. The highest BCUT2D eigenvalue weighted by Crippen LogP contribution is 2.40. The summed E-state index contributed by atoms with van der Waals surface area (Å²) in [6, 6.07) is 15.8. The fourth-order valence-corrected chi connectivity index (χ4v) is 6.36. The summed E-state index contributed by atoms with van der Waals surface area (Å²) < 4.78 is 5.89. The first kappa shape index (κ1) is 24.1. The fraction of sp³-hybridized carbons (Fsp3) is 0.379. The standard InChI is InChI=1S/C29H31ClN2O2S/c30-25-12-6-4-8-21(25)19-34-23-16-14-20(15-17-23)18-31-29-27(24-11-5-7-13-26(24)35-29)28(33)32-22-9-2-1-3-10-22/h4,6,8,12,14-18,22H,1-3,5,7,9-11,13,19H2,(H,32,33). The van der Waals surface area contributed by atoms with E-state index < -0.39 is 0 Å². The maximum absolute atomic E-state index is 13.3. The van der Waals surface area contributed by atoms with Gasteiger partial charge in [-0.05, 0) is 80.0 Å². The molecule has 3 aromatic rings. The minimum Gasteiger partial charge on any atom is -0.489 e. The van der Waals surface area contributed by atoms with Gasteiger partial charge in [-0.3, -0.25) is 4.79 Å². The van der Waals surface area contributed by atoms with Crippen LogP contribution in [0.1, 0.15) is 76.9 Å². The number of rotatable bonds is 7. The summed E-state index contributed by atoms with van der Waals surface area (Å²) in [4.78, 5) is 19.5. The topological polar surface area (TPSA) is 50.7 Å². The number of aliphatic imine (C=N–C) groups is 1. The molecule has 0 unspecified atom stereocenters. The van der Waals surface area contributed by atoms with Crippen LogP contribution in [0.15, 0.2) is 53.5 Å². The number of ether oxygens (including phenoxy) is 1. The van der Waals surface area contributed by atoms with Crippen LogP contribution in [0.25, 0.3) is 0 Å². The van der Waals surface area contributed by atoms with Crippen LogP contribution in [0.4, 0.5) is 5.00 Å². The van der Waals surface area contributed by atoms with Gasteiger partial charge >= 0.3 is 0 Å². The Bertz CT molecular complexity index is 1200. The SMILES string of the molecule is O=C(NC1CCCCC1)c1c(N=Cc2ccc(OCc3ccccc3Cl)cc2)sc2c1CCCC2. The number of nitrogens with zero attached hydrogens (tertiary/aromatic N) is 1. The first-order chi connectivity index (χ1) is 17.2. The number of fused-ring (bicyclic) bond motifs is 1. The number of benzene rings is 2. The molecule has 1 heterocycles. The smallest absolute Gasteiger partial charge is 0.254 e. The second-order valence-electron chi connectivity index (χ2n) is 9.41. The zero-order chi connectivity index (χ0) is 24.0. The molecular weight excluding hydrogens is 476 g/mol. The predicted molar refractivity (Wildman–Crippen MR) is 145 cm³/mol. The molecule has 1 aromatic heterocycles. The molecule has 1 N–H and O–H groups in total. The van der Waals surface area contributed by atoms with Gasteiger partial charge in [-0.25, -0.2) is 4.99 Å². The third-order valence-electron chi connectivity index (χ3n) is 6.88. The van der Waals surface area contributed by atoms with Crippen molar-refractivity contribution >= 4 is 40.1 Å². The molecule has 2 aliphatic rings. The van der Waals surface area contributed by atoms with Crippen LogP contribution in [0, 0.1) is 0 Å². The lowest BCUT2D eigenvalue weighted by Gasteiger charge is -2.23. The molecule has 0 radical (unpaired) electrons. The molecule has 182 valence electrons. The van der Waals surface area contributed by atoms with Crippen LogP contribution < -0.4 is 10.1 Å². The lowest BCUT2D eigenvalue weighted by Crippen LogP contribution is -2.36. The summed E-state index contributed by atoms with van der Waals surface area (Å²) in [7, 11) is 0. The summed E-state index contributed by atoms with van der Waals surface area (Å²) in [5, 5.41) is 4.86. The Balaban J connectivity index is 1.29. The molecule has 2 aromatic carbocycles. The van der Waals surface area contributed by atoms with E-state index in [1.54, 1.807) is 11.3 Å². The molecule has 2 aliphatic carbocycles. The first-order valence-corrected chi connectivity index (χ1v) is 13.8. The van der Waals surface area contributed by atoms with E-state index in [2.05, 4.69) is 5.32 Å². The van der Waals surface area contributed by atoms with Gasteiger partial charge < -0.3 is 10.1 Å². The highest BCUT2D eigenvalue weighted by Gasteiger charge is 2.27. The summed E-state index contributed by atoms with van der Waals surface area (Å²) in [6.07, 6.45) is 12.1. The van der Waals surface area contributed by atoms with Crippen LogP contribution >= 0.6 is 22.9 Å². The van der Waals surface area contributed by atoms with E-state index in [0.29, 0.717) is 17.7 Å². The monoisotopic (exact) mass is 506 g/mol. The van der Waals surface area contributed by atoms with Crippen molar-refractivity contribution in [3.05, 3.63) is 80.7 Å². The van der Waals surface area contributed by atoms with Crippen molar-refractivity contribution in [2.75, 3.05) is 0 Å². The van der Waals surface area contributed by atoms with Crippen molar-refractivity contribution in [2.45, 2.75) is 70.4 Å². The van der Waals surface area contributed by atoms with Gasteiger partial charge in [0.2, 0.25) is 0 Å². The van der Waals surface area contributed by atoms with Gasteiger partial charge in [0.25, 0.3) is 5.91 Å². The Labute approximate surface area is 216 Å². The number of amides is 1. The molecular formula is C29H31ClN2O2S. The summed E-state index contributed by atoms with van der Waals surface area (Å²) in [6.45, 7) is 0.424. The van der Waals surface area contributed by atoms with E-state index >= 15 is 0 Å². The van der Waals surface area contributed by atoms with Crippen LogP contribution in [0.3, 0.4) is 0 Å². The Morgan fingerprint density at radius 1 is 1.03 bits per heavy atom. The first-order valence-electron chi connectivity index (χ1n) is 12.6. The van der Waals surface area contributed by atoms with Crippen LogP contribution in [0.5, 0.6) is 5.75 Å². The number of thiophene rings is 1. The van der Waals surface area contributed by atoms with Gasteiger partial charge in [-0.15, -0.1) is 11.3 Å². The minimum absolute atomic E-state index is 0.0618. The van der Waals surface area contributed by atoms with Gasteiger partial charge in [0.15, 0.2) is 0 Å². The molecule has 4 nitrogen and oxygen atoms in total. The number of carbonyl (C=O) groups is 1. The van der Waals surface area contributed by atoms with E-state index in [0.717, 1.165) is 59.5 Å². The molecule has 1 amide bonds. The van der Waals surface area contributed by atoms with Crippen molar-refractivity contribution in [3.8, 4) is 5.75 Å². The third-order valence-corrected chi connectivity index (χ3v) is 8.45. The van der Waals surface area contributed by atoms with Gasteiger partial charge in [-0.1, -0.05) is 49.1 Å². The maximum atomic E-state index is 13.3. The Morgan fingerprint density at radius 3 is 2.60 bits per heavy atom. The Kier molecular flexibility index (Phi) is 7.85. The zero-order valence-electron chi connectivity index (χ0n) is 19.9. The summed E-state index contributed by atoms with van der Waals surface area (Å²) in [5.41, 5.74) is 3.97. The molecule has 0 atom stereocenters. The number of nitrogens with one attached hydrogen (secondary N) is 1. The van der Waals surface area contributed by atoms with E-state index in [9.17, 15) is 4.79 Å². The van der Waals surface area contributed by atoms with E-state index in [1.165, 1.54) is 36.1 Å². The van der Waals surface area contributed by atoms with E-state index in [-0.39, 0.29) is 5.91 Å². The van der Waals surface area contributed by atoms with Gasteiger partial charge in [0.1, 0.15) is 17.4 Å². The maximum Gasteiger partial charge on any atom is 0.254 e. The minimum atomic E-state index is 0.0618. The number of hydrogen-bond acceptors (Lipinski definition) is 4. The average Bonchev–Trinajstić information content (AvgIpc) is 3.27. The van der Waals surface area contributed by atoms with Crippen molar-refractivity contribution in [1.82, 2.24) is 5.32 Å². The largest absolute Gasteiger partial charge is 0.489 e. The molecule has 0 saturated heterocycles. The van der Waals surface area contributed by atoms with Crippen molar-refractivity contribution in [1.29, 1.82) is 0 Å². The number of hydrogen-bond donors (Lipinski definition) is 1. The fourth-order valence-electron chi connectivity index (χ4n) is 4.94. The molecule has 0 aliphatic heterocycles. The molecule has 1 saturated carbocycles. The second-order valence-corrected chi connectivity index (χ2v) is 10.9. The highest BCUT2D eigenvalue weighted by molar-refractivity contribution is 7.16. The molecule has 1 fully saturated rings. The zero-order valence-corrected chi connectivity index (χ0v) is 21.5. The van der Waals surface area contributed by atoms with Gasteiger partial charge in [0.05, 0.1) is 5.56 Å². The van der Waals surface area contributed by atoms with Crippen LogP contribution in [-0.4, -0.2) is 18.2 Å². The van der Waals surface area contributed by atoms with Crippen LogP contribution in [-0.2, 0) is 19.4 Å². The predicted octanol–water partition coefficient (Wildman–Crippen LogP) is 7.67. The van der Waals surface area contributed by atoms with Crippen LogP contribution in [0.2, 0.25) is 5.02 Å². The third kappa shape index (κ3) is 5.96. The quantitative estimate of drug-likeness (QED) is 0.334. The lowest BCUT2D eigenvalue weighted by atomic mass is 9.93. The van der Waals surface area contributed by atoms with Crippen molar-refractivity contribution < 1.29 is 9.53 Å². The average molecular weight is 507 g/mol. The Morgan fingerprint density at radius 2 is 1.80 bits per heavy atom. The molecule has 0 spiro atoms. The van der Waals surface area contributed by atoms with Crippen molar-refractivity contribution in [2.24, 2.45) is 4.99 Å². The van der Waals surface area contributed by atoms with Gasteiger partial charge in [0, 0.05) is 27.7 Å². The normalized spacial score (nSPS) is 16.3. The number of halogens is 1. The highest BCUT2D eigenvalue weighted by atomic mass is 35.5. The number of carbonyl (C=O) groups excluding carboxylic acids is 1. The molecule has 0 bridgehead atoms. The summed E-state index contributed by atoms with van der Waals surface area (Å²) >= 11 is 7.90. The lowest BCUT2D eigenvalue weighted by molar-refractivity contribution is 0.0927. The van der Waals surface area contributed by atoms with Gasteiger partial charge in [-0.2, -0.15) is 0 Å². The second kappa shape index (κ2) is 11.4.